The van der Waals surface area contributed by atoms with Crippen molar-refractivity contribution in [2.75, 3.05) is 38.2 Å². The van der Waals surface area contributed by atoms with Crippen LogP contribution in [0.2, 0.25) is 0 Å². The maximum atomic E-state index is 10.1. The van der Waals surface area contributed by atoms with Crippen molar-refractivity contribution >= 4 is 11.4 Å². The molecule has 0 spiro atoms. The molecule has 4 N–H and O–H groups in total. The molecule has 0 saturated heterocycles. The zero-order valence-electron chi connectivity index (χ0n) is 10.2. The quantitative estimate of drug-likeness (QED) is 0.652. The average Bonchev–Trinajstić information content (AvgIpc) is 2.14. The number of aliphatic hydroxyl groups is 1. The Morgan fingerprint density at radius 1 is 1.38 bits per heavy atom. The summed E-state index contributed by atoms with van der Waals surface area (Å²) in [4.78, 5) is 1.95. The molecule has 0 radical (unpaired) electrons. The van der Waals surface area contributed by atoms with E-state index in [0.29, 0.717) is 18.8 Å². The lowest BCUT2D eigenvalue weighted by atomic mass is 10.1. The standard InChI is InChI=1S/C12H21N3O/c1-12(16,9-15(2)3)8-14-11-7-5-4-6-10(11)13/h4-7,14,16H,8-9,13H2,1-3H3. The van der Waals surface area contributed by atoms with Crippen molar-refractivity contribution in [3.63, 3.8) is 0 Å². The van der Waals surface area contributed by atoms with E-state index in [1.165, 1.54) is 0 Å². The topological polar surface area (TPSA) is 61.5 Å². The third-order valence-corrected chi connectivity index (χ3v) is 2.28. The highest BCUT2D eigenvalue weighted by Crippen LogP contribution is 2.17. The van der Waals surface area contributed by atoms with Crippen LogP contribution in [0.25, 0.3) is 0 Å². The molecule has 0 bridgehead atoms. The number of benzene rings is 1. The zero-order chi connectivity index (χ0) is 12.2. The highest BCUT2D eigenvalue weighted by molar-refractivity contribution is 5.65. The van der Waals surface area contributed by atoms with Gasteiger partial charge < -0.3 is 21.1 Å². The lowest BCUT2D eigenvalue weighted by molar-refractivity contribution is 0.0460. The monoisotopic (exact) mass is 223 g/mol. The van der Waals surface area contributed by atoms with E-state index in [4.69, 9.17) is 5.73 Å². The number of anilines is 2. The van der Waals surface area contributed by atoms with E-state index in [1.54, 1.807) is 6.92 Å². The van der Waals surface area contributed by atoms with Gasteiger partial charge in [-0.1, -0.05) is 12.1 Å². The first kappa shape index (κ1) is 12.8. The largest absolute Gasteiger partial charge is 0.397 e. The number of nitrogens with zero attached hydrogens (tertiary/aromatic N) is 1. The van der Waals surface area contributed by atoms with Crippen molar-refractivity contribution in [2.24, 2.45) is 0 Å². The number of hydrogen-bond acceptors (Lipinski definition) is 4. The van der Waals surface area contributed by atoms with Crippen LogP contribution in [-0.4, -0.2) is 42.8 Å². The Balaban J connectivity index is 2.54. The van der Waals surface area contributed by atoms with E-state index < -0.39 is 5.60 Å². The van der Waals surface area contributed by atoms with Crippen LogP contribution in [0.3, 0.4) is 0 Å². The van der Waals surface area contributed by atoms with Gasteiger partial charge in [-0.25, -0.2) is 0 Å². The molecule has 0 heterocycles. The smallest absolute Gasteiger partial charge is 0.0917 e. The summed E-state index contributed by atoms with van der Waals surface area (Å²) in [6.45, 7) is 2.88. The highest BCUT2D eigenvalue weighted by Gasteiger charge is 2.21. The van der Waals surface area contributed by atoms with Gasteiger partial charge in [0.15, 0.2) is 0 Å². The lowest BCUT2D eigenvalue weighted by Gasteiger charge is -2.27. The molecule has 90 valence electrons. The van der Waals surface area contributed by atoms with Gasteiger partial charge in [-0.05, 0) is 33.2 Å². The Hall–Kier alpha value is -1.26. The summed E-state index contributed by atoms with van der Waals surface area (Å²) in [5.41, 5.74) is 6.58. The van der Waals surface area contributed by atoms with Gasteiger partial charge in [-0.2, -0.15) is 0 Å². The van der Waals surface area contributed by atoms with Crippen LogP contribution in [0.4, 0.5) is 11.4 Å². The number of nitrogen functional groups attached to an aromatic ring is 1. The highest BCUT2D eigenvalue weighted by atomic mass is 16.3. The van der Waals surface area contributed by atoms with Crippen LogP contribution in [0.1, 0.15) is 6.92 Å². The van der Waals surface area contributed by atoms with Gasteiger partial charge in [-0.15, -0.1) is 0 Å². The minimum absolute atomic E-state index is 0.472. The molecule has 0 aliphatic carbocycles. The molecule has 1 aromatic rings. The number of nitrogens with one attached hydrogen (secondary N) is 1. The van der Waals surface area contributed by atoms with Gasteiger partial charge in [-0.3, -0.25) is 0 Å². The van der Waals surface area contributed by atoms with Crippen molar-refractivity contribution in [3.05, 3.63) is 24.3 Å². The minimum atomic E-state index is -0.772. The molecule has 4 heteroatoms. The molecule has 0 saturated carbocycles. The molecule has 1 atom stereocenters. The number of para-hydroxylation sites is 2. The molecule has 0 aromatic heterocycles. The molecule has 0 aliphatic heterocycles. The van der Waals surface area contributed by atoms with Crippen LogP contribution in [0.5, 0.6) is 0 Å². The number of rotatable bonds is 5. The van der Waals surface area contributed by atoms with E-state index in [2.05, 4.69) is 5.32 Å². The maximum Gasteiger partial charge on any atom is 0.0917 e. The first-order chi connectivity index (χ1) is 7.41. The summed E-state index contributed by atoms with van der Waals surface area (Å²) in [5.74, 6) is 0. The third-order valence-electron chi connectivity index (χ3n) is 2.28. The van der Waals surface area contributed by atoms with Crippen molar-refractivity contribution in [2.45, 2.75) is 12.5 Å². The van der Waals surface area contributed by atoms with Crippen molar-refractivity contribution in [3.8, 4) is 0 Å². The molecule has 0 fully saturated rings. The van der Waals surface area contributed by atoms with Crippen molar-refractivity contribution < 1.29 is 5.11 Å². The Bertz CT molecular complexity index is 337. The normalized spacial score (nSPS) is 14.8. The summed E-state index contributed by atoms with van der Waals surface area (Å²) in [7, 11) is 3.87. The van der Waals surface area contributed by atoms with Crippen LogP contribution in [-0.2, 0) is 0 Å². The van der Waals surface area contributed by atoms with Gasteiger partial charge in [0, 0.05) is 13.1 Å². The first-order valence-corrected chi connectivity index (χ1v) is 5.36. The van der Waals surface area contributed by atoms with Gasteiger partial charge in [0.1, 0.15) is 0 Å². The molecule has 4 nitrogen and oxygen atoms in total. The van der Waals surface area contributed by atoms with E-state index in [1.807, 2.05) is 43.3 Å². The number of likely N-dealkylation sites (N-methyl/N-ethyl adjacent to an activating group) is 1. The van der Waals surface area contributed by atoms with Crippen LogP contribution < -0.4 is 11.1 Å². The second-order valence-corrected chi connectivity index (χ2v) is 4.68. The van der Waals surface area contributed by atoms with Gasteiger partial charge in [0.25, 0.3) is 0 Å². The summed E-state index contributed by atoms with van der Waals surface area (Å²) >= 11 is 0. The average molecular weight is 223 g/mol. The van der Waals surface area contributed by atoms with Crippen LogP contribution in [0, 0.1) is 0 Å². The van der Waals surface area contributed by atoms with Crippen LogP contribution in [0.15, 0.2) is 24.3 Å². The zero-order valence-corrected chi connectivity index (χ0v) is 10.2. The molecular formula is C12H21N3O. The van der Waals surface area contributed by atoms with Crippen molar-refractivity contribution in [1.82, 2.24) is 4.90 Å². The van der Waals surface area contributed by atoms with E-state index in [0.717, 1.165) is 5.69 Å². The molecule has 1 rings (SSSR count). The predicted octanol–water partition coefficient (Wildman–Crippen LogP) is 0.993. The molecule has 1 aromatic carbocycles. The van der Waals surface area contributed by atoms with Crippen molar-refractivity contribution in [1.29, 1.82) is 0 Å². The summed E-state index contributed by atoms with van der Waals surface area (Å²) in [5, 5.41) is 13.2. The number of nitrogens with two attached hydrogens (primary N) is 1. The fourth-order valence-electron chi connectivity index (χ4n) is 1.68. The lowest BCUT2D eigenvalue weighted by Crippen LogP contribution is -2.43. The predicted molar refractivity (Wildman–Crippen MR) is 68.5 cm³/mol. The molecule has 0 amide bonds. The Morgan fingerprint density at radius 2 is 2.00 bits per heavy atom. The molecule has 0 aliphatic rings. The van der Waals surface area contributed by atoms with Crippen LogP contribution >= 0.6 is 0 Å². The SMILES string of the molecule is CN(C)CC(C)(O)CNc1ccccc1N. The van der Waals surface area contributed by atoms with Gasteiger partial charge in [0.05, 0.1) is 17.0 Å². The van der Waals surface area contributed by atoms with E-state index >= 15 is 0 Å². The summed E-state index contributed by atoms with van der Waals surface area (Å²) in [6.07, 6.45) is 0. The molecule has 16 heavy (non-hydrogen) atoms. The fraction of sp³-hybridized carbons (Fsp3) is 0.500. The summed E-state index contributed by atoms with van der Waals surface area (Å²) in [6, 6.07) is 7.54. The third kappa shape index (κ3) is 4.08. The fourth-order valence-corrected chi connectivity index (χ4v) is 1.68. The summed E-state index contributed by atoms with van der Waals surface area (Å²) < 4.78 is 0. The van der Waals surface area contributed by atoms with Gasteiger partial charge in [0.2, 0.25) is 0 Å². The Labute approximate surface area is 97.1 Å². The minimum Gasteiger partial charge on any atom is -0.397 e. The maximum absolute atomic E-state index is 10.1. The van der Waals surface area contributed by atoms with E-state index in [-0.39, 0.29) is 0 Å². The number of hydrogen-bond donors (Lipinski definition) is 3. The Kier molecular flexibility index (Phi) is 4.15. The molecule has 1 unspecified atom stereocenters. The van der Waals surface area contributed by atoms with Gasteiger partial charge >= 0.3 is 0 Å². The van der Waals surface area contributed by atoms with E-state index in [9.17, 15) is 5.11 Å². The second kappa shape index (κ2) is 5.18. The second-order valence-electron chi connectivity index (χ2n) is 4.68. The first-order valence-electron chi connectivity index (χ1n) is 5.36. The molecular weight excluding hydrogens is 202 g/mol. The Morgan fingerprint density at radius 3 is 2.56 bits per heavy atom.